The average molecular weight is 357 g/mol. The lowest BCUT2D eigenvalue weighted by Gasteiger charge is -2.30. The molecule has 1 aromatic carbocycles. The molecule has 1 aromatic heterocycles. The summed E-state index contributed by atoms with van der Waals surface area (Å²) < 4.78 is 0. The van der Waals surface area contributed by atoms with Crippen LogP contribution in [0.5, 0.6) is 0 Å². The third kappa shape index (κ3) is 4.67. The quantitative estimate of drug-likeness (QED) is 0.832. The van der Waals surface area contributed by atoms with E-state index >= 15 is 0 Å². The van der Waals surface area contributed by atoms with Gasteiger partial charge >= 0.3 is 0 Å². The van der Waals surface area contributed by atoms with Gasteiger partial charge in [0.2, 0.25) is 11.8 Å². The molecule has 1 atom stereocenters. The number of rotatable bonds is 6. The van der Waals surface area contributed by atoms with Crippen LogP contribution in [0.1, 0.15) is 29.3 Å². The van der Waals surface area contributed by atoms with Crippen molar-refractivity contribution >= 4 is 23.2 Å². The Kier molecular flexibility index (Phi) is 5.83. The Bertz CT molecular complexity index is 695. The molecule has 1 aliphatic heterocycles. The summed E-state index contributed by atoms with van der Waals surface area (Å²) in [5.74, 6) is -0.284. The van der Waals surface area contributed by atoms with Crippen LogP contribution in [0.2, 0.25) is 0 Å². The van der Waals surface area contributed by atoms with Gasteiger partial charge in [-0.25, -0.2) is 0 Å². The van der Waals surface area contributed by atoms with E-state index in [-0.39, 0.29) is 23.8 Å². The minimum absolute atomic E-state index is 0.000205. The lowest BCUT2D eigenvalue weighted by Crippen LogP contribution is -2.44. The van der Waals surface area contributed by atoms with E-state index in [1.807, 2.05) is 47.8 Å². The molecule has 3 rings (SSSR count). The first-order chi connectivity index (χ1) is 12.1. The van der Waals surface area contributed by atoms with Crippen LogP contribution in [-0.2, 0) is 9.59 Å². The number of piperidine rings is 1. The fourth-order valence-electron chi connectivity index (χ4n) is 3.21. The van der Waals surface area contributed by atoms with Crippen molar-refractivity contribution < 1.29 is 9.59 Å². The zero-order valence-electron chi connectivity index (χ0n) is 14.1. The summed E-state index contributed by atoms with van der Waals surface area (Å²) in [4.78, 5) is 27.0. The second-order valence-electron chi connectivity index (χ2n) is 6.38. The van der Waals surface area contributed by atoms with Gasteiger partial charge < -0.3 is 11.1 Å². The van der Waals surface area contributed by atoms with Crippen LogP contribution in [0.4, 0.5) is 0 Å². The SMILES string of the molecule is NC(=O)C1CCN(CC(=O)N[C@H](c2ccccc2)c2cccs2)CC1. The lowest BCUT2D eigenvalue weighted by atomic mass is 9.96. The highest BCUT2D eigenvalue weighted by molar-refractivity contribution is 7.10. The van der Waals surface area contributed by atoms with Gasteiger partial charge in [0, 0.05) is 10.8 Å². The van der Waals surface area contributed by atoms with E-state index in [0.29, 0.717) is 6.54 Å². The first-order valence-corrected chi connectivity index (χ1v) is 9.41. The Hall–Kier alpha value is -2.18. The molecule has 3 N–H and O–H groups in total. The standard InChI is InChI=1S/C19H23N3O2S/c20-19(24)15-8-10-22(11-9-15)13-17(23)21-18(16-7-4-12-25-16)14-5-2-1-3-6-14/h1-7,12,15,18H,8-11,13H2,(H2,20,24)(H,21,23)/t18-/m1/s1. The highest BCUT2D eigenvalue weighted by Gasteiger charge is 2.25. The summed E-state index contributed by atoms with van der Waals surface area (Å²) >= 11 is 1.64. The number of nitrogens with two attached hydrogens (primary N) is 1. The molecule has 1 fully saturated rings. The number of likely N-dealkylation sites (tertiary alicyclic amines) is 1. The minimum Gasteiger partial charge on any atom is -0.369 e. The Labute approximate surface area is 151 Å². The number of hydrogen-bond donors (Lipinski definition) is 2. The van der Waals surface area contributed by atoms with Crippen LogP contribution in [-0.4, -0.2) is 36.3 Å². The second-order valence-corrected chi connectivity index (χ2v) is 7.36. The monoisotopic (exact) mass is 357 g/mol. The van der Waals surface area contributed by atoms with Crippen molar-refractivity contribution in [2.75, 3.05) is 19.6 Å². The zero-order chi connectivity index (χ0) is 17.6. The maximum absolute atomic E-state index is 12.6. The molecular weight excluding hydrogens is 334 g/mol. The van der Waals surface area contributed by atoms with Crippen molar-refractivity contribution in [2.45, 2.75) is 18.9 Å². The molecule has 25 heavy (non-hydrogen) atoms. The largest absolute Gasteiger partial charge is 0.369 e. The third-order valence-electron chi connectivity index (χ3n) is 4.62. The molecule has 5 nitrogen and oxygen atoms in total. The van der Waals surface area contributed by atoms with Crippen molar-refractivity contribution in [1.29, 1.82) is 0 Å². The molecule has 2 heterocycles. The molecule has 1 saturated heterocycles. The number of carbonyl (C=O) groups is 2. The van der Waals surface area contributed by atoms with E-state index in [1.165, 1.54) is 0 Å². The topological polar surface area (TPSA) is 75.4 Å². The highest BCUT2D eigenvalue weighted by Crippen LogP contribution is 2.26. The van der Waals surface area contributed by atoms with Crippen LogP contribution in [0.25, 0.3) is 0 Å². The molecule has 0 radical (unpaired) electrons. The van der Waals surface area contributed by atoms with Crippen LogP contribution < -0.4 is 11.1 Å². The molecule has 2 aromatic rings. The van der Waals surface area contributed by atoms with Crippen molar-refractivity contribution in [3.63, 3.8) is 0 Å². The normalized spacial score (nSPS) is 17.1. The summed E-state index contributed by atoms with van der Waals surface area (Å²) in [6.45, 7) is 1.81. The number of hydrogen-bond acceptors (Lipinski definition) is 4. The van der Waals surface area contributed by atoms with Gasteiger partial charge in [-0.1, -0.05) is 36.4 Å². The van der Waals surface area contributed by atoms with Crippen molar-refractivity contribution in [3.8, 4) is 0 Å². The first-order valence-electron chi connectivity index (χ1n) is 8.53. The van der Waals surface area contributed by atoms with Crippen molar-refractivity contribution in [3.05, 3.63) is 58.3 Å². The Morgan fingerprint density at radius 2 is 1.88 bits per heavy atom. The Morgan fingerprint density at radius 3 is 2.48 bits per heavy atom. The number of carbonyl (C=O) groups excluding carboxylic acids is 2. The number of primary amides is 1. The predicted octanol–water partition coefficient (Wildman–Crippen LogP) is 2.15. The van der Waals surface area contributed by atoms with Gasteiger partial charge in [-0.2, -0.15) is 0 Å². The maximum atomic E-state index is 12.6. The molecule has 2 amide bonds. The van der Waals surface area contributed by atoms with E-state index in [4.69, 9.17) is 5.73 Å². The van der Waals surface area contributed by atoms with Gasteiger partial charge in [-0.05, 0) is 42.9 Å². The molecule has 0 unspecified atom stereocenters. The maximum Gasteiger partial charge on any atom is 0.234 e. The third-order valence-corrected chi connectivity index (χ3v) is 5.56. The Morgan fingerprint density at radius 1 is 1.16 bits per heavy atom. The molecule has 132 valence electrons. The molecule has 1 aliphatic rings. The number of thiophene rings is 1. The molecule has 0 saturated carbocycles. The summed E-state index contributed by atoms with van der Waals surface area (Å²) in [5.41, 5.74) is 6.44. The van der Waals surface area contributed by atoms with Gasteiger partial charge in [0.1, 0.15) is 0 Å². The fraction of sp³-hybridized carbons (Fsp3) is 0.368. The molecule has 0 spiro atoms. The second kappa shape index (κ2) is 8.27. The van der Waals surface area contributed by atoms with E-state index in [0.717, 1.165) is 36.4 Å². The first kappa shape index (κ1) is 17.6. The van der Waals surface area contributed by atoms with Gasteiger partial charge in [0.15, 0.2) is 0 Å². The van der Waals surface area contributed by atoms with Crippen molar-refractivity contribution in [2.24, 2.45) is 11.7 Å². The summed E-state index contributed by atoms with van der Waals surface area (Å²) in [5, 5.41) is 5.18. The molecule has 6 heteroatoms. The van der Waals surface area contributed by atoms with Crippen LogP contribution in [0.15, 0.2) is 47.8 Å². The van der Waals surface area contributed by atoms with E-state index in [1.54, 1.807) is 11.3 Å². The summed E-state index contributed by atoms with van der Waals surface area (Å²) in [6.07, 6.45) is 1.46. The zero-order valence-corrected chi connectivity index (χ0v) is 14.9. The van der Waals surface area contributed by atoms with Gasteiger partial charge in [0.05, 0.1) is 12.6 Å². The van der Waals surface area contributed by atoms with E-state index in [9.17, 15) is 9.59 Å². The summed E-state index contributed by atoms with van der Waals surface area (Å²) in [6, 6.07) is 13.9. The van der Waals surface area contributed by atoms with Gasteiger partial charge in [-0.3, -0.25) is 14.5 Å². The van der Waals surface area contributed by atoms with Crippen LogP contribution in [0.3, 0.4) is 0 Å². The number of nitrogens with zero attached hydrogens (tertiary/aromatic N) is 1. The smallest absolute Gasteiger partial charge is 0.234 e. The Balaban J connectivity index is 1.61. The molecular formula is C19H23N3O2S. The van der Waals surface area contributed by atoms with Gasteiger partial charge in [-0.15, -0.1) is 11.3 Å². The fourth-order valence-corrected chi connectivity index (χ4v) is 4.01. The van der Waals surface area contributed by atoms with Crippen LogP contribution >= 0.6 is 11.3 Å². The minimum atomic E-state index is -0.231. The molecule has 0 aliphatic carbocycles. The lowest BCUT2D eigenvalue weighted by molar-refractivity contribution is -0.124. The number of benzene rings is 1. The highest BCUT2D eigenvalue weighted by atomic mass is 32.1. The van der Waals surface area contributed by atoms with E-state index < -0.39 is 0 Å². The summed E-state index contributed by atoms with van der Waals surface area (Å²) in [7, 11) is 0. The number of nitrogens with one attached hydrogen (secondary N) is 1. The predicted molar refractivity (Wildman–Crippen MR) is 99.1 cm³/mol. The number of amides is 2. The van der Waals surface area contributed by atoms with Crippen molar-refractivity contribution in [1.82, 2.24) is 10.2 Å². The average Bonchev–Trinajstić information content (AvgIpc) is 3.15. The van der Waals surface area contributed by atoms with Gasteiger partial charge in [0.25, 0.3) is 0 Å². The van der Waals surface area contributed by atoms with Crippen LogP contribution in [0, 0.1) is 5.92 Å². The van der Waals surface area contributed by atoms with E-state index in [2.05, 4.69) is 10.2 Å². The molecule has 0 bridgehead atoms.